The van der Waals surface area contributed by atoms with Crippen molar-refractivity contribution in [2.75, 3.05) is 6.61 Å². The summed E-state index contributed by atoms with van der Waals surface area (Å²) < 4.78 is 5.92. The lowest BCUT2D eigenvalue weighted by atomic mass is 10.0. The van der Waals surface area contributed by atoms with Gasteiger partial charge in [0.2, 0.25) is 5.91 Å². The fraction of sp³-hybridized carbons (Fsp3) is 0.893. The summed E-state index contributed by atoms with van der Waals surface area (Å²) in [6, 6.07) is -0.704. The Morgan fingerprint density at radius 1 is 0.452 bits per heavy atom. The number of amides is 1. The van der Waals surface area contributed by atoms with Crippen molar-refractivity contribution >= 4 is 11.9 Å². The molecule has 3 atom stereocenters. The van der Waals surface area contributed by atoms with Gasteiger partial charge in [0.15, 0.2) is 0 Å². The Kier molecular flexibility index (Phi) is 49.0. The first-order valence-corrected chi connectivity index (χ1v) is 27.6. The average molecular weight is 874 g/mol. The molecule has 0 aromatic heterocycles. The van der Waals surface area contributed by atoms with Crippen molar-refractivity contribution in [1.29, 1.82) is 0 Å². The van der Waals surface area contributed by atoms with Gasteiger partial charge in [-0.15, -0.1) is 0 Å². The van der Waals surface area contributed by atoms with Crippen LogP contribution in [0.4, 0.5) is 0 Å². The normalized spacial score (nSPS) is 13.3. The van der Waals surface area contributed by atoms with E-state index in [4.69, 9.17) is 4.74 Å². The van der Waals surface area contributed by atoms with Crippen molar-refractivity contribution in [1.82, 2.24) is 5.32 Å². The molecule has 0 aliphatic heterocycles. The molecule has 0 heterocycles. The summed E-state index contributed by atoms with van der Waals surface area (Å²) in [5.74, 6) is -0.488. The highest BCUT2D eigenvalue weighted by Crippen LogP contribution is 2.18. The predicted molar refractivity (Wildman–Crippen MR) is 269 cm³/mol. The van der Waals surface area contributed by atoms with Crippen LogP contribution in [0.5, 0.6) is 0 Å². The molecule has 0 radical (unpaired) electrons. The Bertz CT molecular complexity index is 981. The molecule has 0 bridgehead atoms. The average Bonchev–Trinajstić information content (AvgIpc) is 3.26. The Morgan fingerprint density at radius 2 is 0.774 bits per heavy atom. The van der Waals surface area contributed by atoms with E-state index in [-0.39, 0.29) is 24.9 Å². The van der Waals surface area contributed by atoms with E-state index in [1.807, 2.05) is 0 Å². The first-order chi connectivity index (χ1) is 30.5. The number of aliphatic hydroxyl groups is 2. The van der Waals surface area contributed by atoms with Crippen molar-refractivity contribution in [2.45, 2.75) is 315 Å². The van der Waals surface area contributed by atoms with Crippen LogP contribution in [0.25, 0.3) is 0 Å². The van der Waals surface area contributed by atoms with Gasteiger partial charge in [-0.1, -0.05) is 231 Å². The summed E-state index contributed by atoms with van der Waals surface area (Å²) in [5.41, 5.74) is 0. The van der Waals surface area contributed by atoms with Crippen molar-refractivity contribution in [2.24, 2.45) is 0 Å². The highest BCUT2D eigenvalue weighted by Gasteiger charge is 2.24. The van der Waals surface area contributed by atoms with E-state index < -0.39 is 18.2 Å². The van der Waals surface area contributed by atoms with Gasteiger partial charge in [-0.05, 0) is 77.0 Å². The van der Waals surface area contributed by atoms with Crippen molar-refractivity contribution in [3.63, 3.8) is 0 Å². The van der Waals surface area contributed by atoms with Crippen molar-refractivity contribution < 1.29 is 24.5 Å². The van der Waals surface area contributed by atoms with Gasteiger partial charge in [-0.25, -0.2) is 0 Å². The van der Waals surface area contributed by atoms with Gasteiger partial charge < -0.3 is 20.3 Å². The fourth-order valence-electron chi connectivity index (χ4n) is 8.54. The molecule has 0 fully saturated rings. The molecule has 6 nitrogen and oxygen atoms in total. The standard InChI is InChI=1S/C56H107NO5/c1-4-7-10-13-16-19-22-24-26-28-29-31-33-36-39-42-45-48-54(59)53(51-58)57-55(60)50-52(47-44-41-38-35-21-18-15-12-9-6-3)62-56(61)49-46-43-40-37-34-32-30-27-25-23-20-17-14-11-8-5-2/h18,21,27,30,52-54,58-59H,4-17,19-20,22-26,28-29,31-51H2,1-3H3,(H,57,60)/b21-18-,30-27+. The van der Waals surface area contributed by atoms with Crippen molar-refractivity contribution in [3.8, 4) is 0 Å². The Morgan fingerprint density at radius 3 is 1.19 bits per heavy atom. The maximum Gasteiger partial charge on any atom is 0.306 e. The summed E-state index contributed by atoms with van der Waals surface area (Å²) in [4.78, 5) is 26.1. The van der Waals surface area contributed by atoms with Gasteiger partial charge in [0, 0.05) is 6.42 Å². The van der Waals surface area contributed by atoms with E-state index in [1.54, 1.807) is 0 Å². The van der Waals surface area contributed by atoms with E-state index in [1.165, 1.54) is 180 Å². The molecule has 0 aromatic carbocycles. The number of allylic oxidation sites excluding steroid dienone is 4. The molecular weight excluding hydrogens is 767 g/mol. The van der Waals surface area contributed by atoms with Crippen LogP contribution in [0.1, 0.15) is 297 Å². The van der Waals surface area contributed by atoms with Crippen LogP contribution in [0.2, 0.25) is 0 Å². The van der Waals surface area contributed by atoms with Crippen LogP contribution in [-0.2, 0) is 14.3 Å². The Hall–Kier alpha value is -1.66. The number of hydrogen-bond donors (Lipinski definition) is 3. The number of aliphatic hydroxyl groups excluding tert-OH is 2. The number of hydrogen-bond acceptors (Lipinski definition) is 5. The quantitative estimate of drug-likeness (QED) is 0.0321. The van der Waals surface area contributed by atoms with Gasteiger partial charge >= 0.3 is 5.97 Å². The minimum atomic E-state index is -0.790. The van der Waals surface area contributed by atoms with Crippen LogP contribution < -0.4 is 5.32 Å². The molecule has 3 unspecified atom stereocenters. The van der Waals surface area contributed by atoms with Crippen LogP contribution in [0, 0.1) is 0 Å². The van der Waals surface area contributed by atoms with E-state index >= 15 is 0 Å². The minimum absolute atomic E-state index is 0.0674. The molecule has 6 heteroatoms. The lowest BCUT2D eigenvalue weighted by Crippen LogP contribution is -2.46. The molecule has 1 amide bonds. The SMILES string of the molecule is CCCCC/C=C\CCCCCC(CC(=O)NC(CO)C(O)CCCCCCCCCCCCCCCCCCC)OC(=O)CCCCCCC/C=C/CCCCCCCCC. The van der Waals surface area contributed by atoms with Gasteiger partial charge in [-0.3, -0.25) is 9.59 Å². The lowest BCUT2D eigenvalue weighted by Gasteiger charge is -2.24. The molecule has 0 rings (SSSR count). The maximum atomic E-state index is 13.2. The first-order valence-electron chi connectivity index (χ1n) is 27.6. The minimum Gasteiger partial charge on any atom is -0.462 e. The maximum absolute atomic E-state index is 13.2. The predicted octanol–water partition coefficient (Wildman–Crippen LogP) is 16.7. The zero-order valence-electron chi connectivity index (χ0n) is 41.8. The largest absolute Gasteiger partial charge is 0.462 e. The van der Waals surface area contributed by atoms with Crippen molar-refractivity contribution in [3.05, 3.63) is 24.3 Å². The van der Waals surface area contributed by atoms with E-state index in [0.717, 1.165) is 70.6 Å². The van der Waals surface area contributed by atoms with Gasteiger partial charge in [0.05, 0.1) is 25.2 Å². The third kappa shape index (κ3) is 44.9. The zero-order chi connectivity index (χ0) is 45.2. The van der Waals surface area contributed by atoms with Crippen LogP contribution in [0.3, 0.4) is 0 Å². The number of unbranched alkanes of at least 4 members (excludes halogenated alkanes) is 34. The van der Waals surface area contributed by atoms with Crippen LogP contribution in [-0.4, -0.2) is 46.9 Å². The Labute approximate surface area is 386 Å². The first kappa shape index (κ1) is 60.3. The molecule has 0 spiro atoms. The molecule has 366 valence electrons. The van der Waals surface area contributed by atoms with E-state index in [0.29, 0.717) is 19.3 Å². The number of ether oxygens (including phenoxy) is 1. The summed E-state index contributed by atoms with van der Waals surface area (Å²) >= 11 is 0. The van der Waals surface area contributed by atoms with E-state index in [2.05, 4.69) is 50.4 Å². The third-order valence-corrected chi connectivity index (χ3v) is 12.8. The van der Waals surface area contributed by atoms with Gasteiger partial charge in [-0.2, -0.15) is 0 Å². The number of carbonyl (C=O) groups excluding carboxylic acids is 2. The van der Waals surface area contributed by atoms with Gasteiger partial charge in [0.25, 0.3) is 0 Å². The lowest BCUT2D eigenvalue weighted by molar-refractivity contribution is -0.151. The molecular formula is C56H107NO5. The number of esters is 1. The summed E-state index contributed by atoms with van der Waals surface area (Å²) in [6.07, 6.45) is 58.2. The molecule has 62 heavy (non-hydrogen) atoms. The molecule has 0 aliphatic carbocycles. The van der Waals surface area contributed by atoms with Gasteiger partial charge in [0.1, 0.15) is 6.10 Å². The highest BCUT2D eigenvalue weighted by atomic mass is 16.5. The molecule has 0 aromatic rings. The summed E-state index contributed by atoms with van der Waals surface area (Å²) in [5, 5.41) is 23.8. The van der Waals surface area contributed by atoms with Crippen LogP contribution >= 0.6 is 0 Å². The van der Waals surface area contributed by atoms with Crippen LogP contribution in [0.15, 0.2) is 24.3 Å². The second kappa shape index (κ2) is 50.3. The number of rotatable bonds is 50. The smallest absolute Gasteiger partial charge is 0.306 e. The monoisotopic (exact) mass is 874 g/mol. The zero-order valence-corrected chi connectivity index (χ0v) is 41.8. The van der Waals surface area contributed by atoms with E-state index in [9.17, 15) is 19.8 Å². The molecule has 0 saturated carbocycles. The summed E-state index contributed by atoms with van der Waals surface area (Å²) in [7, 11) is 0. The number of carbonyl (C=O) groups is 2. The second-order valence-corrected chi connectivity index (χ2v) is 19.0. The fourth-order valence-corrected chi connectivity index (χ4v) is 8.54. The Balaban J connectivity index is 4.43. The topological polar surface area (TPSA) is 95.9 Å². The highest BCUT2D eigenvalue weighted by molar-refractivity contribution is 5.77. The second-order valence-electron chi connectivity index (χ2n) is 19.0. The molecule has 0 aliphatic rings. The summed E-state index contributed by atoms with van der Waals surface area (Å²) in [6.45, 7) is 6.47. The molecule has 0 saturated heterocycles. The third-order valence-electron chi connectivity index (χ3n) is 12.8. The number of nitrogens with one attached hydrogen (secondary N) is 1. The molecule has 3 N–H and O–H groups in total.